The van der Waals surface area contributed by atoms with Gasteiger partial charge in [0.1, 0.15) is 6.17 Å². The first kappa shape index (κ1) is 14.6. The fourth-order valence-electron chi connectivity index (χ4n) is 3.86. The van der Waals surface area contributed by atoms with E-state index < -0.39 is 0 Å². The molecular formula is C18H26N2O. The van der Waals surface area contributed by atoms with Gasteiger partial charge in [0.2, 0.25) is 5.91 Å². The van der Waals surface area contributed by atoms with E-state index in [-0.39, 0.29) is 12.2 Å². The van der Waals surface area contributed by atoms with E-state index in [4.69, 9.17) is 0 Å². The predicted molar refractivity (Wildman–Crippen MR) is 84.8 cm³/mol. The molecule has 0 aromatic heterocycles. The van der Waals surface area contributed by atoms with Crippen molar-refractivity contribution in [3.8, 4) is 0 Å². The number of rotatable bonds is 3. The van der Waals surface area contributed by atoms with Crippen molar-refractivity contribution in [2.24, 2.45) is 5.92 Å². The number of hydrogen-bond donors (Lipinski definition) is 1. The molecule has 0 bridgehead atoms. The van der Waals surface area contributed by atoms with Crippen LogP contribution in [0.3, 0.4) is 0 Å². The summed E-state index contributed by atoms with van der Waals surface area (Å²) in [5, 5.41) is 3.55. The van der Waals surface area contributed by atoms with E-state index in [1.165, 1.54) is 17.5 Å². The molecule has 1 saturated carbocycles. The molecule has 1 aliphatic carbocycles. The summed E-state index contributed by atoms with van der Waals surface area (Å²) in [7, 11) is 0. The molecule has 1 amide bonds. The average molecular weight is 286 g/mol. The Morgan fingerprint density at radius 2 is 2.14 bits per heavy atom. The summed E-state index contributed by atoms with van der Waals surface area (Å²) >= 11 is 0. The molecule has 4 atom stereocenters. The van der Waals surface area contributed by atoms with Crippen LogP contribution < -0.4 is 5.32 Å². The molecular weight excluding hydrogens is 260 g/mol. The van der Waals surface area contributed by atoms with Gasteiger partial charge in [0.05, 0.1) is 6.04 Å². The highest BCUT2D eigenvalue weighted by Crippen LogP contribution is 2.37. The Morgan fingerprint density at radius 1 is 1.33 bits per heavy atom. The van der Waals surface area contributed by atoms with Crippen LogP contribution in [-0.2, 0) is 4.79 Å². The second-order valence-corrected chi connectivity index (χ2v) is 6.76. The summed E-state index contributed by atoms with van der Waals surface area (Å²) in [6.07, 6.45) is 4.45. The summed E-state index contributed by atoms with van der Waals surface area (Å²) in [4.78, 5) is 14.9. The fourth-order valence-corrected chi connectivity index (χ4v) is 3.86. The van der Waals surface area contributed by atoms with E-state index >= 15 is 0 Å². The molecule has 0 radical (unpaired) electrons. The molecule has 1 aliphatic heterocycles. The molecule has 1 saturated heterocycles. The molecule has 114 valence electrons. The molecule has 1 heterocycles. The third-order valence-electron chi connectivity index (χ3n) is 5.02. The molecule has 2 aliphatic rings. The van der Waals surface area contributed by atoms with Crippen LogP contribution in [0.25, 0.3) is 0 Å². The van der Waals surface area contributed by atoms with Gasteiger partial charge in [0.15, 0.2) is 0 Å². The summed E-state index contributed by atoms with van der Waals surface area (Å²) in [5.41, 5.74) is 2.47. The zero-order valence-electron chi connectivity index (χ0n) is 13.3. The van der Waals surface area contributed by atoms with Gasteiger partial charge in [-0.05, 0) is 44.1 Å². The van der Waals surface area contributed by atoms with E-state index in [2.05, 4.69) is 55.3 Å². The van der Waals surface area contributed by atoms with Gasteiger partial charge in [0.25, 0.3) is 0 Å². The molecule has 4 unspecified atom stereocenters. The van der Waals surface area contributed by atoms with Crippen LogP contribution in [0.15, 0.2) is 24.3 Å². The van der Waals surface area contributed by atoms with Crippen molar-refractivity contribution in [1.29, 1.82) is 0 Å². The second kappa shape index (κ2) is 5.80. The number of amides is 1. The summed E-state index contributed by atoms with van der Waals surface area (Å²) < 4.78 is 0. The Balaban J connectivity index is 1.91. The maximum absolute atomic E-state index is 12.8. The number of nitrogens with one attached hydrogen (secondary N) is 1. The Labute approximate surface area is 127 Å². The zero-order valence-corrected chi connectivity index (χ0v) is 13.3. The largest absolute Gasteiger partial charge is 0.319 e. The zero-order chi connectivity index (χ0) is 15.0. The van der Waals surface area contributed by atoms with Crippen LogP contribution >= 0.6 is 0 Å². The second-order valence-electron chi connectivity index (χ2n) is 6.76. The third kappa shape index (κ3) is 2.71. The van der Waals surface area contributed by atoms with E-state index in [9.17, 15) is 4.79 Å². The topological polar surface area (TPSA) is 32.3 Å². The van der Waals surface area contributed by atoms with Crippen molar-refractivity contribution < 1.29 is 4.79 Å². The van der Waals surface area contributed by atoms with Crippen molar-refractivity contribution in [1.82, 2.24) is 10.2 Å². The van der Waals surface area contributed by atoms with Crippen molar-refractivity contribution in [3.63, 3.8) is 0 Å². The molecule has 0 spiro atoms. The van der Waals surface area contributed by atoms with Crippen LogP contribution in [0.1, 0.15) is 56.8 Å². The van der Waals surface area contributed by atoms with E-state index in [1.807, 2.05) is 0 Å². The lowest BCUT2D eigenvalue weighted by Gasteiger charge is -2.30. The number of aryl methyl sites for hydroxylation is 1. The molecule has 21 heavy (non-hydrogen) atoms. The van der Waals surface area contributed by atoms with Crippen LogP contribution in [0.2, 0.25) is 0 Å². The predicted octanol–water partition coefficient (Wildman–Crippen LogP) is 3.39. The van der Waals surface area contributed by atoms with Crippen molar-refractivity contribution in [2.75, 3.05) is 0 Å². The molecule has 3 heteroatoms. The number of carbonyl (C=O) groups excluding carboxylic acids is 1. The van der Waals surface area contributed by atoms with E-state index in [0.29, 0.717) is 11.9 Å². The van der Waals surface area contributed by atoms with Crippen LogP contribution in [-0.4, -0.2) is 22.9 Å². The number of nitrogens with zero attached hydrogens (tertiary/aromatic N) is 1. The number of benzene rings is 1. The van der Waals surface area contributed by atoms with Gasteiger partial charge >= 0.3 is 0 Å². The van der Waals surface area contributed by atoms with E-state index in [1.54, 1.807) is 0 Å². The Hall–Kier alpha value is -1.35. The highest BCUT2D eigenvalue weighted by atomic mass is 16.2. The van der Waals surface area contributed by atoms with Gasteiger partial charge in [-0.3, -0.25) is 10.1 Å². The van der Waals surface area contributed by atoms with Crippen molar-refractivity contribution in [2.45, 2.75) is 64.7 Å². The smallest absolute Gasteiger partial charge is 0.241 e. The van der Waals surface area contributed by atoms with Crippen LogP contribution in [0.4, 0.5) is 0 Å². The van der Waals surface area contributed by atoms with Crippen molar-refractivity contribution >= 4 is 5.91 Å². The maximum Gasteiger partial charge on any atom is 0.241 e. The van der Waals surface area contributed by atoms with Crippen molar-refractivity contribution in [3.05, 3.63) is 35.4 Å². The molecule has 1 aromatic rings. The normalized spacial score (nSPS) is 32.9. The minimum absolute atomic E-state index is 0.0218. The lowest BCUT2D eigenvalue weighted by atomic mass is 10.1. The van der Waals surface area contributed by atoms with E-state index in [0.717, 1.165) is 25.2 Å². The molecule has 1 N–H and O–H groups in total. The van der Waals surface area contributed by atoms with Gasteiger partial charge in [0, 0.05) is 6.04 Å². The third-order valence-corrected chi connectivity index (χ3v) is 5.02. The average Bonchev–Trinajstić information content (AvgIpc) is 3.02. The summed E-state index contributed by atoms with van der Waals surface area (Å²) in [6, 6.07) is 8.93. The lowest BCUT2D eigenvalue weighted by Crippen LogP contribution is -2.38. The first-order valence-electron chi connectivity index (χ1n) is 8.25. The molecule has 3 nitrogen and oxygen atoms in total. The standard InChI is InChI=1S/C18H26N2O/c1-4-16-18(21)20(15-9-8-13(3)11-15)17(19-16)14-7-5-6-12(2)10-14/h5-7,10,13,15-17,19H,4,8-9,11H2,1-3H3. The summed E-state index contributed by atoms with van der Waals surface area (Å²) in [5.74, 6) is 1.03. The van der Waals surface area contributed by atoms with Gasteiger partial charge in [-0.15, -0.1) is 0 Å². The van der Waals surface area contributed by atoms with Gasteiger partial charge in [-0.25, -0.2) is 0 Å². The maximum atomic E-state index is 12.8. The number of carbonyl (C=O) groups is 1. The SMILES string of the molecule is CCC1NC(c2cccc(C)c2)N(C2CCC(C)C2)C1=O. The Kier molecular flexibility index (Phi) is 4.03. The Morgan fingerprint density at radius 3 is 2.76 bits per heavy atom. The molecule has 1 aromatic carbocycles. The highest BCUT2D eigenvalue weighted by Gasteiger charge is 2.43. The lowest BCUT2D eigenvalue weighted by molar-refractivity contribution is -0.132. The minimum Gasteiger partial charge on any atom is -0.319 e. The number of hydrogen-bond acceptors (Lipinski definition) is 2. The van der Waals surface area contributed by atoms with Crippen LogP contribution in [0.5, 0.6) is 0 Å². The molecule has 3 rings (SSSR count). The van der Waals surface area contributed by atoms with Gasteiger partial charge < -0.3 is 4.90 Å². The fraction of sp³-hybridized carbons (Fsp3) is 0.611. The first-order chi connectivity index (χ1) is 10.1. The quantitative estimate of drug-likeness (QED) is 0.923. The first-order valence-corrected chi connectivity index (χ1v) is 8.25. The van der Waals surface area contributed by atoms with Gasteiger partial charge in [-0.2, -0.15) is 0 Å². The minimum atomic E-state index is -0.0218. The Bertz CT molecular complexity index is 528. The highest BCUT2D eigenvalue weighted by molar-refractivity contribution is 5.85. The molecule has 2 fully saturated rings. The monoisotopic (exact) mass is 286 g/mol. The summed E-state index contributed by atoms with van der Waals surface area (Å²) in [6.45, 7) is 6.50. The van der Waals surface area contributed by atoms with Gasteiger partial charge in [-0.1, -0.05) is 43.7 Å². The van der Waals surface area contributed by atoms with Crippen LogP contribution in [0, 0.1) is 12.8 Å².